The number of thiophene rings is 1. The number of rotatable bonds is 5. The maximum atomic E-state index is 12.5. The van der Waals surface area contributed by atoms with E-state index in [0.29, 0.717) is 5.92 Å². The van der Waals surface area contributed by atoms with Gasteiger partial charge in [-0.2, -0.15) is 5.10 Å². The van der Waals surface area contributed by atoms with Crippen molar-refractivity contribution in [3.8, 4) is 0 Å². The molecular weight excluding hydrogens is 310 g/mol. The monoisotopic (exact) mass is 333 g/mol. The maximum Gasteiger partial charge on any atom is 0.317 e. The van der Waals surface area contributed by atoms with Gasteiger partial charge in [0.15, 0.2) is 0 Å². The number of amides is 2. The molecule has 0 spiro atoms. The highest BCUT2D eigenvalue weighted by molar-refractivity contribution is 7.10. The third-order valence-electron chi connectivity index (χ3n) is 4.41. The fourth-order valence-electron chi connectivity index (χ4n) is 3.01. The molecule has 0 bridgehead atoms. The van der Waals surface area contributed by atoms with Crippen LogP contribution in [0.5, 0.6) is 0 Å². The standard InChI is InChI=1S/C16H23N5OS/c1-2-14(15-4-3-9-23-15)19-16(22)20-7-5-13(6-8-20)10-21-12-17-11-18-21/h3-4,9,11-14H,2,5-8,10H2,1H3,(H,19,22)/t14-/m0/s1. The average Bonchev–Trinajstić information content (AvgIpc) is 3.26. The van der Waals surface area contributed by atoms with Crippen LogP contribution in [0, 0.1) is 5.92 Å². The number of likely N-dealkylation sites (tertiary alicyclic amines) is 1. The molecule has 1 N–H and O–H groups in total. The molecule has 1 saturated heterocycles. The van der Waals surface area contributed by atoms with Crippen LogP contribution in [0.1, 0.15) is 37.1 Å². The van der Waals surface area contributed by atoms with Crippen LogP contribution in [-0.2, 0) is 6.54 Å². The van der Waals surface area contributed by atoms with E-state index in [1.807, 2.05) is 15.6 Å². The summed E-state index contributed by atoms with van der Waals surface area (Å²) in [6.45, 7) is 4.62. The van der Waals surface area contributed by atoms with Gasteiger partial charge in [0, 0.05) is 24.5 Å². The summed E-state index contributed by atoms with van der Waals surface area (Å²) in [6.07, 6.45) is 6.27. The lowest BCUT2D eigenvalue weighted by molar-refractivity contribution is 0.161. The molecule has 6 nitrogen and oxygen atoms in total. The molecule has 3 rings (SSSR count). The molecule has 0 aromatic carbocycles. The first-order valence-corrected chi connectivity index (χ1v) is 9.05. The van der Waals surface area contributed by atoms with Gasteiger partial charge in [-0.05, 0) is 36.6 Å². The molecule has 2 amide bonds. The van der Waals surface area contributed by atoms with E-state index in [2.05, 4.69) is 33.8 Å². The Morgan fingerprint density at radius 3 is 2.91 bits per heavy atom. The third-order valence-corrected chi connectivity index (χ3v) is 5.39. The van der Waals surface area contributed by atoms with Crippen molar-refractivity contribution in [3.05, 3.63) is 35.0 Å². The summed E-state index contributed by atoms with van der Waals surface area (Å²) in [6, 6.07) is 4.30. The molecule has 0 aliphatic carbocycles. The lowest BCUT2D eigenvalue weighted by atomic mass is 9.97. The summed E-state index contributed by atoms with van der Waals surface area (Å²) in [5.74, 6) is 0.569. The smallest absolute Gasteiger partial charge is 0.317 e. The van der Waals surface area contributed by atoms with Crippen LogP contribution in [0.3, 0.4) is 0 Å². The zero-order valence-corrected chi connectivity index (χ0v) is 14.2. The fraction of sp³-hybridized carbons (Fsp3) is 0.562. The van der Waals surface area contributed by atoms with Gasteiger partial charge in [0.25, 0.3) is 0 Å². The predicted octanol–water partition coefficient (Wildman–Crippen LogP) is 2.91. The van der Waals surface area contributed by atoms with Crippen LogP contribution >= 0.6 is 11.3 Å². The van der Waals surface area contributed by atoms with Gasteiger partial charge in [0.1, 0.15) is 12.7 Å². The Bertz CT molecular complexity index is 590. The molecule has 23 heavy (non-hydrogen) atoms. The van der Waals surface area contributed by atoms with Gasteiger partial charge in [0.05, 0.1) is 6.04 Å². The van der Waals surface area contributed by atoms with Gasteiger partial charge < -0.3 is 10.2 Å². The lowest BCUT2D eigenvalue weighted by Crippen LogP contribution is -2.45. The Morgan fingerprint density at radius 2 is 2.30 bits per heavy atom. The molecule has 0 unspecified atom stereocenters. The van der Waals surface area contributed by atoms with Crippen molar-refractivity contribution >= 4 is 17.4 Å². The second kappa shape index (κ2) is 7.59. The molecule has 124 valence electrons. The summed E-state index contributed by atoms with van der Waals surface area (Å²) in [5, 5.41) is 9.38. The number of nitrogens with one attached hydrogen (secondary N) is 1. The zero-order chi connectivity index (χ0) is 16.1. The topological polar surface area (TPSA) is 63.1 Å². The number of nitrogens with zero attached hydrogens (tertiary/aromatic N) is 4. The van der Waals surface area contributed by atoms with E-state index < -0.39 is 0 Å². The number of urea groups is 1. The van der Waals surface area contributed by atoms with Gasteiger partial charge in [0.2, 0.25) is 0 Å². The fourth-order valence-corrected chi connectivity index (χ4v) is 3.88. The largest absolute Gasteiger partial charge is 0.330 e. The molecule has 0 saturated carbocycles. The lowest BCUT2D eigenvalue weighted by Gasteiger charge is -2.33. The Kier molecular flexibility index (Phi) is 5.27. The minimum atomic E-state index is 0.0597. The molecule has 2 aromatic rings. The Hall–Kier alpha value is -1.89. The first kappa shape index (κ1) is 16.0. The second-order valence-electron chi connectivity index (χ2n) is 5.97. The van der Waals surface area contributed by atoms with Crippen LogP contribution < -0.4 is 5.32 Å². The average molecular weight is 333 g/mol. The van der Waals surface area contributed by atoms with Gasteiger partial charge in [-0.3, -0.25) is 4.68 Å². The van der Waals surface area contributed by atoms with E-state index in [4.69, 9.17) is 0 Å². The van der Waals surface area contributed by atoms with Gasteiger partial charge in [-0.15, -0.1) is 11.3 Å². The molecule has 7 heteroatoms. The highest BCUT2D eigenvalue weighted by Gasteiger charge is 2.25. The Balaban J connectivity index is 1.48. The van der Waals surface area contributed by atoms with Crippen molar-refractivity contribution in [2.75, 3.05) is 13.1 Å². The Morgan fingerprint density at radius 1 is 1.48 bits per heavy atom. The number of carbonyl (C=O) groups is 1. The van der Waals surface area contributed by atoms with Crippen LogP contribution in [0.2, 0.25) is 0 Å². The van der Waals surface area contributed by atoms with Crippen LogP contribution in [0.4, 0.5) is 4.79 Å². The van der Waals surface area contributed by atoms with E-state index in [1.54, 1.807) is 24.0 Å². The normalized spacial score (nSPS) is 17.2. The van der Waals surface area contributed by atoms with E-state index in [-0.39, 0.29) is 12.1 Å². The van der Waals surface area contributed by atoms with Gasteiger partial charge in [-0.25, -0.2) is 9.78 Å². The van der Waals surface area contributed by atoms with Crippen molar-refractivity contribution in [1.82, 2.24) is 25.0 Å². The number of carbonyl (C=O) groups excluding carboxylic acids is 1. The zero-order valence-electron chi connectivity index (χ0n) is 13.4. The van der Waals surface area contributed by atoms with Crippen LogP contribution in [0.25, 0.3) is 0 Å². The number of piperidine rings is 1. The predicted molar refractivity (Wildman–Crippen MR) is 90.2 cm³/mol. The summed E-state index contributed by atoms with van der Waals surface area (Å²) >= 11 is 1.70. The molecule has 1 fully saturated rings. The molecule has 1 aliphatic heterocycles. The summed E-state index contributed by atoms with van der Waals surface area (Å²) < 4.78 is 1.88. The van der Waals surface area contributed by atoms with Crippen molar-refractivity contribution in [2.45, 2.75) is 38.8 Å². The summed E-state index contributed by atoms with van der Waals surface area (Å²) in [4.78, 5) is 19.6. The second-order valence-corrected chi connectivity index (χ2v) is 6.95. The van der Waals surface area contributed by atoms with Gasteiger partial charge >= 0.3 is 6.03 Å². The number of hydrogen-bond donors (Lipinski definition) is 1. The van der Waals surface area contributed by atoms with Crippen LogP contribution in [0.15, 0.2) is 30.2 Å². The third kappa shape index (κ3) is 4.10. The quantitative estimate of drug-likeness (QED) is 0.915. The SMILES string of the molecule is CC[C@H](NC(=O)N1CCC(Cn2cncn2)CC1)c1cccs1. The summed E-state index contributed by atoms with van der Waals surface area (Å²) in [7, 11) is 0. The first-order valence-electron chi connectivity index (χ1n) is 8.17. The highest BCUT2D eigenvalue weighted by Crippen LogP contribution is 2.23. The van der Waals surface area contributed by atoms with Crippen LogP contribution in [-0.4, -0.2) is 38.8 Å². The number of aromatic nitrogens is 3. The minimum absolute atomic E-state index is 0.0597. The van der Waals surface area contributed by atoms with E-state index in [9.17, 15) is 4.79 Å². The number of hydrogen-bond acceptors (Lipinski definition) is 4. The van der Waals surface area contributed by atoms with Crippen molar-refractivity contribution < 1.29 is 4.79 Å². The van der Waals surface area contributed by atoms with E-state index >= 15 is 0 Å². The molecule has 3 heterocycles. The van der Waals surface area contributed by atoms with Gasteiger partial charge in [-0.1, -0.05) is 13.0 Å². The summed E-state index contributed by atoms with van der Waals surface area (Å²) in [5.41, 5.74) is 0. The van der Waals surface area contributed by atoms with Crippen molar-refractivity contribution in [2.24, 2.45) is 5.92 Å². The molecule has 1 aliphatic rings. The molecule has 1 atom stereocenters. The first-order chi connectivity index (χ1) is 11.3. The maximum absolute atomic E-state index is 12.5. The van der Waals surface area contributed by atoms with Crippen molar-refractivity contribution in [1.29, 1.82) is 0 Å². The molecular formula is C16H23N5OS. The molecule has 2 aromatic heterocycles. The van der Waals surface area contributed by atoms with E-state index in [1.165, 1.54) is 4.88 Å². The highest BCUT2D eigenvalue weighted by atomic mass is 32.1. The molecule has 0 radical (unpaired) electrons. The van der Waals surface area contributed by atoms with E-state index in [0.717, 1.165) is 38.9 Å². The minimum Gasteiger partial charge on any atom is -0.330 e. The Labute approximate surface area is 140 Å². The van der Waals surface area contributed by atoms with Crippen molar-refractivity contribution in [3.63, 3.8) is 0 Å².